The molecule has 0 aliphatic carbocycles. The summed E-state index contributed by atoms with van der Waals surface area (Å²) in [5.41, 5.74) is 8.89. The van der Waals surface area contributed by atoms with Gasteiger partial charge in [-0.3, -0.25) is 4.90 Å². The molecule has 94 valence electrons. The molecule has 1 heterocycles. The summed E-state index contributed by atoms with van der Waals surface area (Å²) in [5.74, 6) is 0. The Labute approximate surface area is 112 Å². The number of furan rings is 1. The van der Waals surface area contributed by atoms with Crippen molar-refractivity contribution in [1.82, 2.24) is 4.90 Å². The van der Waals surface area contributed by atoms with E-state index in [0.29, 0.717) is 4.99 Å². The molecule has 0 aliphatic heterocycles. The van der Waals surface area contributed by atoms with Gasteiger partial charge in [-0.15, -0.1) is 0 Å². The summed E-state index contributed by atoms with van der Waals surface area (Å²) in [7, 11) is 2.08. The SMILES string of the molecule is CN(Cc1ccc(C(N)=S)cc1)Cc1ccoc1. The van der Waals surface area contributed by atoms with Gasteiger partial charge < -0.3 is 10.2 Å². The fraction of sp³-hybridized carbons (Fsp3) is 0.214. The number of thiocarbonyl (C=S) groups is 1. The highest BCUT2D eigenvalue weighted by Crippen LogP contribution is 2.10. The summed E-state index contributed by atoms with van der Waals surface area (Å²) in [6.45, 7) is 1.75. The van der Waals surface area contributed by atoms with Gasteiger partial charge in [-0.05, 0) is 18.7 Å². The fourth-order valence-electron chi connectivity index (χ4n) is 1.84. The van der Waals surface area contributed by atoms with Crippen molar-refractivity contribution < 1.29 is 4.42 Å². The lowest BCUT2D eigenvalue weighted by atomic mass is 10.1. The number of rotatable bonds is 5. The van der Waals surface area contributed by atoms with E-state index < -0.39 is 0 Å². The molecule has 0 amide bonds. The van der Waals surface area contributed by atoms with Gasteiger partial charge in [0.05, 0.1) is 12.5 Å². The van der Waals surface area contributed by atoms with Gasteiger partial charge in [-0.1, -0.05) is 36.5 Å². The van der Waals surface area contributed by atoms with Gasteiger partial charge in [0.25, 0.3) is 0 Å². The molecule has 1 aromatic heterocycles. The van der Waals surface area contributed by atoms with E-state index in [-0.39, 0.29) is 0 Å². The van der Waals surface area contributed by atoms with Gasteiger partial charge in [0, 0.05) is 24.2 Å². The van der Waals surface area contributed by atoms with Crippen LogP contribution in [-0.4, -0.2) is 16.9 Å². The molecule has 0 unspecified atom stereocenters. The molecule has 0 saturated carbocycles. The van der Waals surface area contributed by atoms with Crippen LogP contribution in [0, 0.1) is 0 Å². The van der Waals surface area contributed by atoms with Crippen molar-refractivity contribution in [2.75, 3.05) is 7.05 Å². The molecule has 2 N–H and O–H groups in total. The molecule has 0 atom stereocenters. The van der Waals surface area contributed by atoms with Gasteiger partial charge in [-0.25, -0.2) is 0 Å². The molecule has 3 nitrogen and oxygen atoms in total. The molecule has 1 aromatic carbocycles. The minimum absolute atomic E-state index is 0.438. The first-order valence-corrected chi connectivity index (χ1v) is 6.14. The Morgan fingerprint density at radius 1 is 1.17 bits per heavy atom. The van der Waals surface area contributed by atoms with Gasteiger partial charge in [0.1, 0.15) is 4.99 Å². The zero-order valence-corrected chi connectivity index (χ0v) is 11.1. The highest BCUT2D eigenvalue weighted by molar-refractivity contribution is 7.80. The van der Waals surface area contributed by atoms with Crippen LogP contribution >= 0.6 is 12.2 Å². The second-order valence-electron chi connectivity index (χ2n) is 4.37. The Bertz CT molecular complexity index is 505. The number of hydrogen-bond acceptors (Lipinski definition) is 3. The third kappa shape index (κ3) is 3.42. The van der Waals surface area contributed by atoms with Crippen LogP contribution in [0.15, 0.2) is 47.3 Å². The average Bonchev–Trinajstić information content (AvgIpc) is 2.82. The lowest BCUT2D eigenvalue weighted by Crippen LogP contribution is -2.17. The van der Waals surface area contributed by atoms with Crippen molar-refractivity contribution in [3.8, 4) is 0 Å². The predicted molar refractivity (Wildman–Crippen MR) is 76.2 cm³/mol. The minimum Gasteiger partial charge on any atom is -0.472 e. The second-order valence-corrected chi connectivity index (χ2v) is 4.80. The number of benzene rings is 1. The first-order valence-electron chi connectivity index (χ1n) is 5.73. The Hall–Kier alpha value is -1.65. The summed E-state index contributed by atoms with van der Waals surface area (Å²) in [4.78, 5) is 2.66. The van der Waals surface area contributed by atoms with Crippen molar-refractivity contribution in [2.24, 2.45) is 5.73 Å². The van der Waals surface area contributed by atoms with Crippen LogP contribution in [0.4, 0.5) is 0 Å². The second kappa shape index (κ2) is 5.80. The fourth-order valence-corrected chi connectivity index (χ4v) is 1.97. The van der Waals surface area contributed by atoms with E-state index in [1.54, 1.807) is 12.5 Å². The van der Waals surface area contributed by atoms with Crippen LogP contribution < -0.4 is 5.73 Å². The Balaban J connectivity index is 1.94. The predicted octanol–water partition coefficient (Wildman–Crippen LogP) is 2.55. The molecule has 2 aromatic rings. The topological polar surface area (TPSA) is 42.4 Å². The van der Waals surface area contributed by atoms with Gasteiger partial charge in [0.2, 0.25) is 0 Å². The molecule has 0 spiro atoms. The molecule has 0 saturated heterocycles. The van der Waals surface area contributed by atoms with E-state index in [9.17, 15) is 0 Å². The normalized spacial score (nSPS) is 10.8. The lowest BCUT2D eigenvalue weighted by molar-refractivity contribution is 0.318. The van der Waals surface area contributed by atoms with Gasteiger partial charge in [-0.2, -0.15) is 0 Å². The standard InChI is InChI=1S/C14H16N2OS/c1-16(9-12-6-7-17-10-12)8-11-2-4-13(5-3-11)14(15)18/h2-7,10H,8-9H2,1H3,(H2,15,18). The van der Waals surface area contributed by atoms with Crippen molar-refractivity contribution in [3.05, 3.63) is 59.5 Å². The maximum atomic E-state index is 5.57. The number of nitrogens with zero attached hydrogens (tertiary/aromatic N) is 1. The Morgan fingerprint density at radius 2 is 1.83 bits per heavy atom. The first-order chi connectivity index (χ1) is 8.65. The summed E-state index contributed by atoms with van der Waals surface area (Å²) >= 11 is 4.93. The van der Waals surface area contributed by atoms with Crippen molar-refractivity contribution in [1.29, 1.82) is 0 Å². The quantitative estimate of drug-likeness (QED) is 0.839. The van der Waals surface area contributed by atoms with Crippen LogP contribution in [-0.2, 0) is 13.1 Å². The number of hydrogen-bond donors (Lipinski definition) is 1. The van der Waals surface area contributed by atoms with Crippen LogP contribution in [0.5, 0.6) is 0 Å². The van der Waals surface area contributed by atoms with Gasteiger partial charge >= 0.3 is 0 Å². The molecule has 0 aliphatic rings. The van der Waals surface area contributed by atoms with Gasteiger partial charge in [0.15, 0.2) is 0 Å². The molecule has 18 heavy (non-hydrogen) atoms. The highest BCUT2D eigenvalue weighted by Gasteiger charge is 2.03. The van der Waals surface area contributed by atoms with Crippen LogP contribution in [0.25, 0.3) is 0 Å². The van der Waals surface area contributed by atoms with E-state index in [0.717, 1.165) is 18.7 Å². The van der Waals surface area contributed by atoms with Crippen molar-refractivity contribution in [2.45, 2.75) is 13.1 Å². The lowest BCUT2D eigenvalue weighted by Gasteiger charge is -2.15. The van der Waals surface area contributed by atoms with Crippen LogP contribution in [0.1, 0.15) is 16.7 Å². The summed E-state index contributed by atoms with van der Waals surface area (Å²) < 4.78 is 5.05. The summed E-state index contributed by atoms with van der Waals surface area (Å²) in [6, 6.07) is 10.0. The maximum absolute atomic E-state index is 5.57. The maximum Gasteiger partial charge on any atom is 0.103 e. The highest BCUT2D eigenvalue weighted by atomic mass is 32.1. The van der Waals surface area contributed by atoms with Crippen LogP contribution in [0.2, 0.25) is 0 Å². The third-order valence-electron chi connectivity index (χ3n) is 2.72. The Morgan fingerprint density at radius 3 is 2.39 bits per heavy atom. The van der Waals surface area contributed by atoms with Crippen molar-refractivity contribution >= 4 is 17.2 Å². The first kappa shape index (κ1) is 12.8. The average molecular weight is 260 g/mol. The molecule has 0 radical (unpaired) electrons. The zero-order chi connectivity index (χ0) is 13.0. The monoisotopic (exact) mass is 260 g/mol. The van der Waals surface area contributed by atoms with E-state index in [1.165, 1.54) is 11.1 Å². The Kier molecular flexibility index (Phi) is 4.12. The molecular formula is C14H16N2OS. The third-order valence-corrected chi connectivity index (χ3v) is 2.96. The van der Waals surface area contributed by atoms with E-state index in [2.05, 4.69) is 24.1 Å². The van der Waals surface area contributed by atoms with E-state index in [4.69, 9.17) is 22.4 Å². The summed E-state index contributed by atoms with van der Waals surface area (Å²) in [5, 5.41) is 0. The van der Waals surface area contributed by atoms with Crippen LogP contribution in [0.3, 0.4) is 0 Å². The number of nitrogens with two attached hydrogens (primary N) is 1. The largest absolute Gasteiger partial charge is 0.472 e. The zero-order valence-electron chi connectivity index (χ0n) is 10.3. The van der Waals surface area contributed by atoms with Crippen molar-refractivity contribution in [3.63, 3.8) is 0 Å². The molecule has 2 rings (SSSR count). The minimum atomic E-state index is 0.438. The van der Waals surface area contributed by atoms with E-state index >= 15 is 0 Å². The molecular weight excluding hydrogens is 244 g/mol. The molecule has 0 fully saturated rings. The van der Waals surface area contributed by atoms with E-state index in [1.807, 2.05) is 18.2 Å². The molecule has 0 bridgehead atoms. The summed E-state index contributed by atoms with van der Waals surface area (Å²) in [6.07, 6.45) is 3.46. The molecule has 4 heteroatoms. The smallest absolute Gasteiger partial charge is 0.103 e.